The van der Waals surface area contributed by atoms with Crippen molar-refractivity contribution in [2.45, 2.75) is 24.0 Å². The molecule has 0 saturated heterocycles. The van der Waals surface area contributed by atoms with E-state index in [0.717, 1.165) is 6.54 Å². The van der Waals surface area contributed by atoms with Crippen molar-refractivity contribution in [1.29, 1.82) is 0 Å². The highest BCUT2D eigenvalue weighted by Gasteiger charge is 2.36. The Morgan fingerprint density at radius 2 is 2.35 bits per heavy atom. The molecule has 1 amide bonds. The lowest BCUT2D eigenvalue weighted by Crippen LogP contribution is -2.45. The van der Waals surface area contributed by atoms with Gasteiger partial charge in [-0.25, -0.2) is 4.98 Å². The maximum Gasteiger partial charge on any atom is 0.252 e. The second kappa shape index (κ2) is 4.96. The second-order valence-corrected chi connectivity index (χ2v) is 5.67. The predicted molar refractivity (Wildman–Crippen MR) is 71.1 cm³/mol. The summed E-state index contributed by atoms with van der Waals surface area (Å²) < 4.78 is 0.261. The Labute approximate surface area is 105 Å². The van der Waals surface area contributed by atoms with Crippen LogP contribution in [0, 0.1) is 0 Å². The van der Waals surface area contributed by atoms with E-state index in [1.54, 1.807) is 12.1 Å². The highest BCUT2D eigenvalue weighted by atomic mass is 32.2. The lowest BCUT2D eigenvalue weighted by Gasteiger charge is -2.40. The molecule has 1 heterocycles. The fraction of sp³-hybridized carbons (Fsp3) is 0.500. The molecule has 1 aliphatic carbocycles. The van der Waals surface area contributed by atoms with Gasteiger partial charge in [0.15, 0.2) is 0 Å². The highest BCUT2D eigenvalue weighted by molar-refractivity contribution is 8.00. The van der Waals surface area contributed by atoms with E-state index < -0.39 is 0 Å². The molecule has 0 aliphatic heterocycles. The van der Waals surface area contributed by atoms with Crippen molar-refractivity contribution in [1.82, 2.24) is 10.3 Å². The maximum atomic E-state index is 11.9. The standard InChI is InChI=1S/C12H17N3OS/c1-17-12(5-2-6-12)8-15-11(16)9-3-4-10(13)14-7-9/h3-4,7H,2,5-6,8H2,1H3,(H2,13,14)(H,15,16). The number of nitrogens with one attached hydrogen (secondary N) is 1. The van der Waals surface area contributed by atoms with Crippen LogP contribution in [-0.2, 0) is 0 Å². The van der Waals surface area contributed by atoms with Crippen LogP contribution in [0.1, 0.15) is 29.6 Å². The first-order chi connectivity index (χ1) is 8.15. The van der Waals surface area contributed by atoms with Crippen molar-refractivity contribution in [2.24, 2.45) is 0 Å². The Morgan fingerprint density at radius 1 is 1.59 bits per heavy atom. The summed E-state index contributed by atoms with van der Waals surface area (Å²) >= 11 is 1.85. The third-order valence-corrected chi connectivity index (χ3v) is 4.74. The van der Waals surface area contributed by atoms with E-state index in [1.165, 1.54) is 25.5 Å². The minimum Gasteiger partial charge on any atom is -0.384 e. The lowest BCUT2D eigenvalue weighted by atomic mass is 9.84. The number of hydrogen-bond donors (Lipinski definition) is 2. The van der Waals surface area contributed by atoms with E-state index in [2.05, 4.69) is 16.6 Å². The van der Waals surface area contributed by atoms with Gasteiger partial charge in [-0.05, 0) is 31.2 Å². The largest absolute Gasteiger partial charge is 0.384 e. The number of amides is 1. The summed E-state index contributed by atoms with van der Waals surface area (Å²) in [6, 6.07) is 3.34. The van der Waals surface area contributed by atoms with E-state index in [9.17, 15) is 4.79 Å². The van der Waals surface area contributed by atoms with Crippen molar-refractivity contribution in [3.63, 3.8) is 0 Å². The minimum absolute atomic E-state index is 0.0715. The van der Waals surface area contributed by atoms with Gasteiger partial charge in [-0.3, -0.25) is 4.79 Å². The van der Waals surface area contributed by atoms with Gasteiger partial charge in [-0.15, -0.1) is 0 Å². The average molecular weight is 251 g/mol. The summed E-state index contributed by atoms with van der Waals surface area (Å²) in [7, 11) is 0. The van der Waals surface area contributed by atoms with Gasteiger partial charge in [0, 0.05) is 17.5 Å². The Hall–Kier alpha value is -1.23. The molecule has 0 aromatic carbocycles. The molecule has 1 aromatic heterocycles. The zero-order valence-corrected chi connectivity index (χ0v) is 10.7. The number of nitrogens with zero attached hydrogens (tertiary/aromatic N) is 1. The van der Waals surface area contributed by atoms with Gasteiger partial charge in [-0.2, -0.15) is 11.8 Å². The van der Waals surface area contributed by atoms with Crippen LogP contribution in [0.3, 0.4) is 0 Å². The van der Waals surface area contributed by atoms with Gasteiger partial charge in [-0.1, -0.05) is 6.42 Å². The molecule has 17 heavy (non-hydrogen) atoms. The van der Waals surface area contributed by atoms with Crippen molar-refractivity contribution in [2.75, 3.05) is 18.5 Å². The van der Waals surface area contributed by atoms with Crippen LogP contribution in [0.15, 0.2) is 18.3 Å². The first-order valence-corrected chi connectivity index (χ1v) is 6.93. The predicted octanol–water partition coefficient (Wildman–Crippen LogP) is 1.68. The number of nitrogens with two attached hydrogens (primary N) is 1. The molecule has 1 fully saturated rings. The number of carbonyl (C=O) groups is 1. The van der Waals surface area contributed by atoms with E-state index in [4.69, 9.17) is 5.73 Å². The molecule has 1 aliphatic rings. The third-order valence-electron chi connectivity index (χ3n) is 3.32. The molecule has 0 atom stereocenters. The molecule has 1 saturated carbocycles. The van der Waals surface area contributed by atoms with Crippen LogP contribution in [0.2, 0.25) is 0 Å². The first kappa shape index (κ1) is 12.2. The number of rotatable bonds is 4. The van der Waals surface area contributed by atoms with E-state index >= 15 is 0 Å². The van der Waals surface area contributed by atoms with Gasteiger partial charge in [0.05, 0.1) is 5.56 Å². The van der Waals surface area contributed by atoms with Crippen LogP contribution in [0.5, 0.6) is 0 Å². The van der Waals surface area contributed by atoms with Crippen LogP contribution in [-0.4, -0.2) is 28.4 Å². The van der Waals surface area contributed by atoms with E-state index in [-0.39, 0.29) is 10.7 Å². The molecular weight excluding hydrogens is 234 g/mol. The normalized spacial score (nSPS) is 17.2. The fourth-order valence-electron chi connectivity index (χ4n) is 1.91. The molecule has 2 rings (SSSR count). The van der Waals surface area contributed by atoms with Crippen molar-refractivity contribution < 1.29 is 4.79 Å². The van der Waals surface area contributed by atoms with Crippen LogP contribution in [0.4, 0.5) is 5.82 Å². The number of carbonyl (C=O) groups excluding carboxylic acids is 1. The summed E-state index contributed by atoms with van der Waals surface area (Å²) in [4.78, 5) is 15.8. The SMILES string of the molecule is CSC1(CNC(=O)c2ccc(N)nc2)CCC1. The monoisotopic (exact) mass is 251 g/mol. The number of nitrogen functional groups attached to an aromatic ring is 1. The van der Waals surface area contributed by atoms with Gasteiger partial charge in [0.1, 0.15) is 5.82 Å². The molecule has 3 N–H and O–H groups in total. The average Bonchev–Trinajstić information content (AvgIpc) is 2.29. The Kier molecular flexibility index (Phi) is 3.57. The third kappa shape index (κ3) is 2.72. The molecule has 0 radical (unpaired) electrons. The van der Waals surface area contributed by atoms with Crippen molar-refractivity contribution in [3.05, 3.63) is 23.9 Å². The second-order valence-electron chi connectivity index (χ2n) is 4.40. The van der Waals surface area contributed by atoms with E-state index in [0.29, 0.717) is 11.4 Å². The number of anilines is 1. The molecule has 5 heteroatoms. The topological polar surface area (TPSA) is 68.0 Å². The first-order valence-electron chi connectivity index (χ1n) is 5.70. The summed E-state index contributed by atoms with van der Waals surface area (Å²) in [5, 5.41) is 2.97. The van der Waals surface area contributed by atoms with Crippen LogP contribution < -0.4 is 11.1 Å². The molecule has 4 nitrogen and oxygen atoms in total. The van der Waals surface area contributed by atoms with Gasteiger partial charge < -0.3 is 11.1 Å². The fourth-order valence-corrected chi connectivity index (χ4v) is 2.82. The molecule has 0 spiro atoms. The summed E-state index contributed by atoms with van der Waals surface area (Å²) in [6.07, 6.45) is 7.26. The Bertz CT molecular complexity index is 395. The molecule has 92 valence electrons. The van der Waals surface area contributed by atoms with Gasteiger partial charge in [0.2, 0.25) is 0 Å². The number of aromatic nitrogens is 1. The van der Waals surface area contributed by atoms with Gasteiger partial charge >= 0.3 is 0 Å². The van der Waals surface area contributed by atoms with Crippen molar-refractivity contribution >= 4 is 23.5 Å². The maximum absolute atomic E-state index is 11.9. The number of pyridine rings is 1. The molecule has 1 aromatic rings. The molecule has 0 unspecified atom stereocenters. The molecule has 0 bridgehead atoms. The van der Waals surface area contributed by atoms with Crippen LogP contribution >= 0.6 is 11.8 Å². The molecular formula is C12H17N3OS. The Balaban J connectivity index is 1.91. The summed E-state index contributed by atoms with van der Waals surface area (Å²) in [6.45, 7) is 0.734. The van der Waals surface area contributed by atoms with Crippen molar-refractivity contribution in [3.8, 4) is 0 Å². The Morgan fingerprint density at radius 3 is 2.82 bits per heavy atom. The summed E-state index contributed by atoms with van der Waals surface area (Å²) in [5.74, 6) is 0.360. The quantitative estimate of drug-likeness (QED) is 0.854. The zero-order valence-electron chi connectivity index (χ0n) is 9.90. The highest BCUT2D eigenvalue weighted by Crippen LogP contribution is 2.42. The van der Waals surface area contributed by atoms with Gasteiger partial charge in [0.25, 0.3) is 5.91 Å². The minimum atomic E-state index is -0.0715. The lowest BCUT2D eigenvalue weighted by molar-refractivity contribution is 0.0943. The summed E-state index contributed by atoms with van der Waals surface area (Å²) in [5.41, 5.74) is 6.04. The smallest absolute Gasteiger partial charge is 0.252 e. The zero-order chi connectivity index (χ0) is 12.3. The van der Waals surface area contributed by atoms with Crippen LogP contribution in [0.25, 0.3) is 0 Å². The number of thioether (sulfide) groups is 1. The van der Waals surface area contributed by atoms with E-state index in [1.807, 2.05) is 11.8 Å². The number of hydrogen-bond acceptors (Lipinski definition) is 4.